The summed E-state index contributed by atoms with van der Waals surface area (Å²) < 4.78 is 0. The summed E-state index contributed by atoms with van der Waals surface area (Å²) >= 11 is 0. The highest BCUT2D eigenvalue weighted by molar-refractivity contribution is 5.75. The van der Waals surface area contributed by atoms with Gasteiger partial charge in [-0.05, 0) is 12.8 Å². The maximum atomic E-state index is 12.0. The fraction of sp³-hybridized carbons (Fsp3) is 0.969. The van der Waals surface area contributed by atoms with Crippen molar-refractivity contribution in [1.82, 2.24) is 5.32 Å². The summed E-state index contributed by atoms with van der Waals surface area (Å²) in [5, 5.41) is 3.13. The van der Waals surface area contributed by atoms with Crippen molar-refractivity contribution in [3.8, 4) is 0 Å². The second-order valence-corrected chi connectivity index (χ2v) is 10.9. The molecule has 0 heterocycles. The lowest BCUT2D eigenvalue weighted by atomic mass is 10.0. The van der Waals surface area contributed by atoms with Crippen LogP contribution in [0.2, 0.25) is 0 Å². The number of unbranched alkanes of at least 4 members (excludes halogenated alkanes) is 25. The minimum atomic E-state index is 0.276. The smallest absolute Gasteiger partial charge is 0.219 e. The molecule has 204 valence electrons. The minimum Gasteiger partial charge on any atom is -0.356 e. The molecule has 0 atom stereocenters. The molecule has 34 heavy (non-hydrogen) atoms. The summed E-state index contributed by atoms with van der Waals surface area (Å²) in [6, 6.07) is 0. The zero-order valence-electron chi connectivity index (χ0n) is 23.9. The molecular weight excluding hydrogens is 414 g/mol. The van der Waals surface area contributed by atoms with E-state index in [1.54, 1.807) is 0 Å². The zero-order valence-corrected chi connectivity index (χ0v) is 23.9. The van der Waals surface area contributed by atoms with Gasteiger partial charge in [-0.15, -0.1) is 0 Å². The van der Waals surface area contributed by atoms with Crippen molar-refractivity contribution in [2.24, 2.45) is 0 Å². The van der Waals surface area contributed by atoms with Gasteiger partial charge in [0.15, 0.2) is 0 Å². The Labute approximate surface area is 216 Å². The van der Waals surface area contributed by atoms with Gasteiger partial charge < -0.3 is 5.32 Å². The molecule has 1 N–H and O–H groups in total. The van der Waals surface area contributed by atoms with Gasteiger partial charge in [0, 0.05) is 13.0 Å². The first-order valence-electron chi connectivity index (χ1n) is 16.1. The van der Waals surface area contributed by atoms with Gasteiger partial charge in [-0.3, -0.25) is 4.79 Å². The second kappa shape index (κ2) is 30.5. The van der Waals surface area contributed by atoms with Gasteiger partial charge in [-0.25, -0.2) is 0 Å². The molecule has 2 nitrogen and oxygen atoms in total. The molecule has 0 aliphatic carbocycles. The lowest BCUT2D eigenvalue weighted by Gasteiger charge is -2.06. The molecule has 0 aromatic rings. The third-order valence-electron chi connectivity index (χ3n) is 7.36. The SMILES string of the molecule is CCCCCCCCCCCCCCCCCC(=O)NCCCCCCCCCCCCCC. The van der Waals surface area contributed by atoms with Crippen LogP contribution in [0.3, 0.4) is 0 Å². The van der Waals surface area contributed by atoms with E-state index in [-0.39, 0.29) is 5.91 Å². The standard InChI is InChI=1S/C32H65NO/c1-3-5-7-9-11-13-15-17-18-19-20-22-24-26-28-30-32(34)33-31-29-27-25-23-21-16-14-12-10-8-6-4-2/h3-31H2,1-2H3,(H,33,34). The predicted molar refractivity (Wildman–Crippen MR) is 154 cm³/mol. The molecule has 0 bridgehead atoms. The quantitative estimate of drug-likeness (QED) is 0.106. The van der Waals surface area contributed by atoms with Crippen molar-refractivity contribution in [1.29, 1.82) is 0 Å². The number of carbonyl (C=O) groups excluding carboxylic acids is 1. The molecular formula is C32H65NO. The van der Waals surface area contributed by atoms with Crippen molar-refractivity contribution >= 4 is 5.91 Å². The lowest BCUT2D eigenvalue weighted by molar-refractivity contribution is -0.121. The zero-order chi connectivity index (χ0) is 24.8. The van der Waals surface area contributed by atoms with Gasteiger partial charge in [0.2, 0.25) is 5.91 Å². The van der Waals surface area contributed by atoms with Crippen LogP contribution in [0.25, 0.3) is 0 Å². The van der Waals surface area contributed by atoms with Crippen molar-refractivity contribution in [2.75, 3.05) is 6.54 Å². The van der Waals surface area contributed by atoms with Crippen molar-refractivity contribution in [2.45, 2.75) is 194 Å². The van der Waals surface area contributed by atoms with Gasteiger partial charge in [0.25, 0.3) is 0 Å². The predicted octanol–water partition coefficient (Wildman–Crippen LogP) is 11.1. The van der Waals surface area contributed by atoms with Crippen LogP contribution in [0, 0.1) is 0 Å². The van der Waals surface area contributed by atoms with E-state index in [4.69, 9.17) is 0 Å². The van der Waals surface area contributed by atoms with Crippen LogP contribution in [0.1, 0.15) is 194 Å². The maximum Gasteiger partial charge on any atom is 0.219 e. The first-order valence-corrected chi connectivity index (χ1v) is 16.1. The summed E-state index contributed by atoms with van der Waals surface area (Å²) in [5.41, 5.74) is 0. The lowest BCUT2D eigenvalue weighted by Crippen LogP contribution is -2.23. The summed E-state index contributed by atoms with van der Waals surface area (Å²) in [4.78, 5) is 12.0. The monoisotopic (exact) mass is 480 g/mol. The third kappa shape index (κ3) is 29.5. The second-order valence-electron chi connectivity index (χ2n) is 10.9. The van der Waals surface area contributed by atoms with Crippen LogP contribution in [-0.4, -0.2) is 12.5 Å². The normalized spacial score (nSPS) is 11.2. The molecule has 0 aromatic heterocycles. The number of rotatable bonds is 29. The highest BCUT2D eigenvalue weighted by Gasteiger charge is 2.01. The van der Waals surface area contributed by atoms with E-state index in [1.165, 1.54) is 161 Å². The number of hydrogen-bond acceptors (Lipinski definition) is 1. The topological polar surface area (TPSA) is 29.1 Å². The van der Waals surface area contributed by atoms with E-state index >= 15 is 0 Å². The molecule has 0 spiro atoms. The van der Waals surface area contributed by atoms with E-state index < -0.39 is 0 Å². The molecule has 0 aliphatic heterocycles. The Morgan fingerprint density at radius 3 is 0.971 bits per heavy atom. The molecule has 0 radical (unpaired) electrons. The number of hydrogen-bond donors (Lipinski definition) is 1. The van der Waals surface area contributed by atoms with Crippen LogP contribution < -0.4 is 5.32 Å². The van der Waals surface area contributed by atoms with E-state index in [2.05, 4.69) is 19.2 Å². The molecule has 0 fully saturated rings. The Hall–Kier alpha value is -0.530. The Morgan fingerprint density at radius 2 is 0.647 bits per heavy atom. The number of carbonyl (C=O) groups is 1. The molecule has 2 heteroatoms. The van der Waals surface area contributed by atoms with E-state index in [0.29, 0.717) is 0 Å². The number of nitrogens with one attached hydrogen (secondary N) is 1. The van der Waals surface area contributed by atoms with E-state index in [0.717, 1.165) is 25.8 Å². The molecule has 0 saturated heterocycles. The van der Waals surface area contributed by atoms with Crippen molar-refractivity contribution in [3.05, 3.63) is 0 Å². The van der Waals surface area contributed by atoms with Gasteiger partial charge in [0.05, 0.1) is 0 Å². The fourth-order valence-corrected chi connectivity index (χ4v) is 4.94. The number of amides is 1. The highest BCUT2D eigenvalue weighted by Crippen LogP contribution is 2.14. The summed E-state index contributed by atoms with van der Waals surface area (Å²) in [6.45, 7) is 5.46. The van der Waals surface area contributed by atoms with Crippen LogP contribution in [0.15, 0.2) is 0 Å². The minimum absolute atomic E-state index is 0.276. The van der Waals surface area contributed by atoms with Crippen molar-refractivity contribution < 1.29 is 4.79 Å². The average molecular weight is 480 g/mol. The molecule has 0 aliphatic rings. The van der Waals surface area contributed by atoms with Crippen LogP contribution in [-0.2, 0) is 4.79 Å². The molecule has 1 amide bonds. The fourth-order valence-electron chi connectivity index (χ4n) is 4.94. The maximum absolute atomic E-state index is 12.0. The first-order chi connectivity index (χ1) is 16.8. The highest BCUT2D eigenvalue weighted by atomic mass is 16.1. The Balaban J connectivity index is 3.14. The van der Waals surface area contributed by atoms with Crippen LogP contribution in [0.4, 0.5) is 0 Å². The largest absolute Gasteiger partial charge is 0.356 e. The molecule has 0 saturated carbocycles. The third-order valence-corrected chi connectivity index (χ3v) is 7.36. The summed E-state index contributed by atoms with van der Waals surface area (Å²) in [6.07, 6.45) is 37.8. The van der Waals surface area contributed by atoms with Gasteiger partial charge >= 0.3 is 0 Å². The molecule has 0 unspecified atom stereocenters. The summed E-state index contributed by atoms with van der Waals surface area (Å²) in [5.74, 6) is 0.276. The Bertz CT molecular complexity index is 381. The van der Waals surface area contributed by atoms with Crippen molar-refractivity contribution in [3.63, 3.8) is 0 Å². The van der Waals surface area contributed by atoms with Crippen LogP contribution >= 0.6 is 0 Å². The van der Waals surface area contributed by atoms with Gasteiger partial charge in [-0.1, -0.05) is 174 Å². The molecule has 0 aromatic carbocycles. The van der Waals surface area contributed by atoms with E-state index in [9.17, 15) is 4.79 Å². The van der Waals surface area contributed by atoms with Gasteiger partial charge in [0.1, 0.15) is 0 Å². The van der Waals surface area contributed by atoms with Crippen LogP contribution in [0.5, 0.6) is 0 Å². The van der Waals surface area contributed by atoms with Gasteiger partial charge in [-0.2, -0.15) is 0 Å². The average Bonchev–Trinajstić information content (AvgIpc) is 2.84. The first kappa shape index (κ1) is 33.5. The molecule has 0 rings (SSSR count). The van der Waals surface area contributed by atoms with E-state index in [1.807, 2.05) is 0 Å². The Kier molecular flexibility index (Phi) is 30.0. The Morgan fingerprint density at radius 1 is 0.382 bits per heavy atom. The summed E-state index contributed by atoms with van der Waals surface area (Å²) in [7, 11) is 0.